The zero-order valence-electron chi connectivity index (χ0n) is 11.4. The highest BCUT2D eigenvalue weighted by Crippen LogP contribution is 2.12. The third kappa shape index (κ3) is 3.68. The first kappa shape index (κ1) is 13.8. The molecule has 1 aromatic heterocycles. The standard InChI is InChI=1S/C16H17N3O/c1-3-9-17-15-8-7-14(11-18-15)19-16(20)13-6-4-5-12(2)10-13/h3-8,10-11H,1,9H2,2H3,(H,17,18)(H,19,20). The molecule has 0 aliphatic rings. The van der Waals surface area contributed by atoms with Gasteiger partial charge in [0, 0.05) is 12.1 Å². The lowest BCUT2D eigenvalue weighted by Crippen LogP contribution is -2.12. The molecule has 0 aliphatic heterocycles. The molecule has 20 heavy (non-hydrogen) atoms. The van der Waals surface area contributed by atoms with Crippen molar-refractivity contribution in [2.45, 2.75) is 6.92 Å². The smallest absolute Gasteiger partial charge is 0.255 e. The van der Waals surface area contributed by atoms with E-state index < -0.39 is 0 Å². The molecule has 102 valence electrons. The van der Waals surface area contributed by atoms with E-state index in [-0.39, 0.29) is 5.91 Å². The highest BCUT2D eigenvalue weighted by Gasteiger charge is 2.06. The van der Waals surface area contributed by atoms with Gasteiger partial charge in [-0.2, -0.15) is 0 Å². The van der Waals surface area contributed by atoms with E-state index in [4.69, 9.17) is 0 Å². The summed E-state index contributed by atoms with van der Waals surface area (Å²) in [6.07, 6.45) is 3.38. The molecule has 1 aromatic carbocycles. The molecule has 0 bridgehead atoms. The lowest BCUT2D eigenvalue weighted by atomic mass is 10.1. The molecule has 0 radical (unpaired) electrons. The molecule has 0 aliphatic carbocycles. The summed E-state index contributed by atoms with van der Waals surface area (Å²) in [6, 6.07) is 11.1. The molecular weight excluding hydrogens is 250 g/mol. The van der Waals surface area contributed by atoms with E-state index in [1.807, 2.05) is 37.3 Å². The molecule has 2 rings (SSSR count). The summed E-state index contributed by atoms with van der Waals surface area (Å²) in [5, 5.41) is 5.89. The number of carbonyl (C=O) groups is 1. The first-order chi connectivity index (χ1) is 9.69. The van der Waals surface area contributed by atoms with Crippen LogP contribution in [0.3, 0.4) is 0 Å². The monoisotopic (exact) mass is 267 g/mol. The minimum atomic E-state index is -0.137. The van der Waals surface area contributed by atoms with Crippen LogP contribution in [-0.4, -0.2) is 17.4 Å². The summed E-state index contributed by atoms with van der Waals surface area (Å²) in [5.74, 6) is 0.612. The van der Waals surface area contributed by atoms with E-state index in [1.54, 1.807) is 18.3 Å². The van der Waals surface area contributed by atoms with Crippen molar-refractivity contribution in [3.8, 4) is 0 Å². The van der Waals surface area contributed by atoms with Crippen molar-refractivity contribution in [3.05, 3.63) is 66.4 Å². The quantitative estimate of drug-likeness (QED) is 0.818. The number of aromatic nitrogens is 1. The Kier molecular flexibility index (Phi) is 4.50. The predicted molar refractivity (Wildman–Crippen MR) is 82.1 cm³/mol. The number of hydrogen-bond donors (Lipinski definition) is 2. The minimum Gasteiger partial charge on any atom is -0.367 e. The Labute approximate surface area is 118 Å². The number of rotatable bonds is 5. The van der Waals surface area contributed by atoms with Crippen molar-refractivity contribution in [2.24, 2.45) is 0 Å². The molecule has 4 nitrogen and oxygen atoms in total. The van der Waals surface area contributed by atoms with Gasteiger partial charge in [0.05, 0.1) is 11.9 Å². The average molecular weight is 267 g/mol. The van der Waals surface area contributed by atoms with Gasteiger partial charge in [0.1, 0.15) is 5.82 Å². The van der Waals surface area contributed by atoms with Gasteiger partial charge in [-0.15, -0.1) is 6.58 Å². The van der Waals surface area contributed by atoms with E-state index in [1.165, 1.54) is 0 Å². The Bertz CT molecular complexity index is 605. The highest BCUT2D eigenvalue weighted by atomic mass is 16.1. The lowest BCUT2D eigenvalue weighted by Gasteiger charge is -2.07. The molecule has 0 saturated heterocycles. The Morgan fingerprint density at radius 3 is 2.85 bits per heavy atom. The van der Waals surface area contributed by atoms with Gasteiger partial charge < -0.3 is 10.6 Å². The number of anilines is 2. The van der Waals surface area contributed by atoms with Crippen LogP contribution in [0.2, 0.25) is 0 Å². The van der Waals surface area contributed by atoms with Crippen LogP contribution in [-0.2, 0) is 0 Å². The molecule has 1 amide bonds. The van der Waals surface area contributed by atoms with Crippen LogP contribution in [0.25, 0.3) is 0 Å². The van der Waals surface area contributed by atoms with Crippen molar-refractivity contribution in [1.82, 2.24) is 4.98 Å². The Morgan fingerprint density at radius 1 is 1.35 bits per heavy atom. The summed E-state index contributed by atoms with van der Waals surface area (Å²) in [5.41, 5.74) is 2.36. The van der Waals surface area contributed by atoms with E-state index >= 15 is 0 Å². The summed E-state index contributed by atoms with van der Waals surface area (Å²) in [6.45, 7) is 6.24. The van der Waals surface area contributed by atoms with Crippen LogP contribution in [0.15, 0.2) is 55.3 Å². The normalized spacial score (nSPS) is 9.85. The molecule has 0 unspecified atom stereocenters. The predicted octanol–water partition coefficient (Wildman–Crippen LogP) is 3.24. The molecule has 2 N–H and O–H groups in total. The molecule has 4 heteroatoms. The van der Waals surface area contributed by atoms with Crippen molar-refractivity contribution < 1.29 is 4.79 Å². The second-order valence-electron chi connectivity index (χ2n) is 4.43. The number of benzene rings is 1. The van der Waals surface area contributed by atoms with Gasteiger partial charge >= 0.3 is 0 Å². The lowest BCUT2D eigenvalue weighted by molar-refractivity contribution is 0.102. The molecule has 0 spiro atoms. The maximum Gasteiger partial charge on any atom is 0.255 e. The number of hydrogen-bond acceptors (Lipinski definition) is 3. The van der Waals surface area contributed by atoms with Crippen molar-refractivity contribution in [2.75, 3.05) is 17.2 Å². The Balaban J connectivity index is 2.02. The van der Waals surface area contributed by atoms with Gasteiger partial charge in [-0.1, -0.05) is 23.8 Å². The third-order valence-electron chi connectivity index (χ3n) is 2.73. The fourth-order valence-electron chi connectivity index (χ4n) is 1.74. The second-order valence-corrected chi connectivity index (χ2v) is 4.43. The summed E-state index contributed by atoms with van der Waals surface area (Å²) in [7, 11) is 0. The molecule has 2 aromatic rings. The van der Waals surface area contributed by atoms with E-state index in [0.717, 1.165) is 11.4 Å². The van der Waals surface area contributed by atoms with E-state index in [0.29, 0.717) is 17.8 Å². The SMILES string of the molecule is C=CCNc1ccc(NC(=O)c2cccc(C)c2)cn1. The van der Waals surface area contributed by atoms with Gasteiger partial charge in [0.2, 0.25) is 0 Å². The van der Waals surface area contributed by atoms with Crippen LogP contribution in [0.4, 0.5) is 11.5 Å². The first-order valence-corrected chi connectivity index (χ1v) is 6.38. The van der Waals surface area contributed by atoms with Gasteiger partial charge in [0.25, 0.3) is 5.91 Å². The highest BCUT2D eigenvalue weighted by molar-refractivity contribution is 6.04. The largest absolute Gasteiger partial charge is 0.367 e. The number of amides is 1. The van der Waals surface area contributed by atoms with E-state index in [9.17, 15) is 4.79 Å². The van der Waals surface area contributed by atoms with E-state index in [2.05, 4.69) is 22.2 Å². The van der Waals surface area contributed by atoms with Gasteiger partial charge in [-0.3, -0.25) is 4.79 Å². The fraction of sp³-hybridized carbons (Fsp3) is 0.125. The number of carbonyl (C=O) groups excluding carboxylic acids is 1. The Hall–Kier alpha value is -2.62. The van der Waals surface area contributed by atoms with Gasteiger partial charge in [-0.25, -0.2) is 4.98 Å². The van der Waals surface area contributed by atoms with Crippen LogP contribution in [0, 0.1) is 6.92 Å². The molecule has 1 heterocycles. The fourth-order valence-corrected chi connectivity index (χ4v) is 1.74. The zero-order chi connectivity index (χ0) is 14.4. The van der Waals surface area contributed by atoms with Crippen LogP contribution in [0.1, 0.15) is 15.9 Å². The van der Waals surface area contributed by atoms with Crippen LogP contribution < -0.4 is 10.6 Å². The van der Waals surface area contributed by atoms with Crippen molar-refractivity contribution >= 4 is 17.4 Å². The number of aryl methyl sites for hydroxylation is 1. The maximum atomic E-state index is 12.1. The number of pyridine rings is 1. The molecular formula is C16H17N3O. The first-order valence-electron chi connectivity index (χ1n) is 6.38. The zero-order valence-corrected chi connectivity index (χ0v) is 11.4. The summed E-state index contributed by atoms with van der Waals surface area (Å²) in [4.78, 5) is 16.3. The average Bonchev–Trinajstić information content (AvgIpc) is 2.46. The van der Waals surface area contributed by atoms with Crippen LogP contribution in [0.5, 0.6) is 0 Å². The maximum absolute atomic E-state index is 12.1. The molecule has 0 saturated carbocycles. The molecule has 0 atom stereocenters. The van der Waals surface area contributed by atoms with Crippen molar-refractivity contribution in [1.29, 1.82) is 0 Å². The molecule has 0 fully saturated rings. The van der Waals surface area contributed by atoms with Gasteiger partial charge in [0.15, 0.2) is 0 Å². The van der Waals surface area contributed by atoms with Crippen LogP contribution >= 0.6 is 0 Å². The number of nitrogens with zero attached hydrogens (tertiary/aromatic N) is 1. The topological polar surface area (TPSA) is 54.0 Å². The second kappa shape index (κ2) is 6.52. The Morgan fingerprint density at radius 2 is 2.20 bits per heavy atom. The minimum absolute atomic E-state index is 0.137. The van der Waals surface area contributed by atoms with Crippen molar-refractivity contribution in [3.63, 3.8) is 0 Å². The number of nitrogens with one attached hydrogen (secondary N) is 2. The summed E-state index contributed by atoms with van der Waals surface area (Å²) < 4.78 is 0. The van der Waals surface area contributed by atoms with Gasteiger partial charge in [-0.05, 0) is 31.2 Å². The summed E-state index contributed by atoms with van der Waals surface area (Å²) >= 11 is 0. The third-order valence-corrected chi connectivity index (χ3v) is 2.73.